The van der Waals surface area contributed by atoms with Gasteiger partial charge in [0.1, 0.15) is 0 Å². The Morgan fingerprint density at radius 1 is 1.50 bits per heavy atom. The van der Waals surface area contributed by atoms with E-state index in [-0.39, 0.29) is 6.54 Å². The van der Waals surface area contributed by atoms with Crippen LogP contribution in [0, 0.1) is 0 Å². The van der Waals surface area contributed by atoms with Crippen LogP contribution >= 0.6 is 0 Å². The molecular formula is C7H13F3NO3+. The molecule has 84 valence electrons. The number of rotatable bonds is 4. The third-order valence-electron chi connectivity index (χ3n) is 1.87. The number of alkyl halides is 3. The highest BCUT2D eigenvalue weighted by Gasteiger charge is 2.46. The molecule has 1 atom stereocenters. The van der Waals surface area contributed by atoms with Crippen LogP contribution in [0.1, 0.15) is 6.92 Å². The first-order valence-corrected chi connectivity index (χ1v) is 3.92. The van der Waals surface area contributed by atoms with Gasteiger partial charge in [-0.25, -0.2) is 0 Å². The van der Waals surface area contributed by atoms with Crippen molar-refractivity contribution in [2.45, 2.75) is 13.1 Å². The molecule has 0 saturated heterocycles. The van der Waals surface area contributed by atoms with Gasteiger partial charge in [0.15, 0.2) is 13.3 Å². The molecule has 0 aliphatic heterocycles. The lowest BCUT2D eigenvalue weighted by Gasteiger charge is -2.30. The molecule has 0 fully saturated rings. The van der Waals surface area contributed by atoms with Crippen LogP contribution < -0.4 is 0 Å². The topological polar surface area (TPSA) is 46.5 Å². The van der Waals surface area contributed by atoms with Crippen molar-refractivity contribution in [2.24, 2.45) is 0 Å². The molecule has 4 nitrogen and oxygen atoms in total. The van der Waals surface area contributed by atoms with Crippen LogP contribution in [0.25, 0.3) is 0 Å². The van der Waals surface area contributed by atoms with Crippen LogP contribution in [-0.2, 0) is 4.74 Å². The summed E-state index contributed by atoms with van der Waals surface area (Å²) in [7, 11) is 1.17. The van der Waals surface area contributed by atoms with E-state index in [9.17, 15) is 18.0 Å². The minimum atomic E-state index is -4.52. The number of ether oxygens (including phenoxy) is 1. The SMILES string of the molecule is CC[N+](COC)(CC(F)(F)F)C(=O)O. The average molecular weight is 216 g/mol. The van der Waals surface area contributed by atoms with Crippen LogP contribution in [0.15, 0.2) is 0 Å². The summed E-state index contributed by atoms with van der Waals surface area (Å²) >= 11 is 0. The number of hydrogen-bond acceptors (Lipinski definition) is 2. The molecule has 0 spiro atoms. The van der Waals surface area contributed by atoms with Crippen LogP contribution in [0.5, 0.6) is 0 Å². The van der Waals surface area contributed by atoms with Crippen molar-refractivity contribution in [3.05, 3.63) is 0 Å². The van der Waals surface area contributed by atoms with Gasteiger partial charge in [-0.2, -0.15) is 22.4 Å². The van der Waals surface area contributed by atoms with Crippen molar-refractivity contribution in [2.75, 3.05) is 26.9 Å². The van der Waals surface area contributed by atoms with E-state index in [4.69, 9.17) is 5.11 Å². The standard InChI is InChI=1S/C7H12F3NO3/c1-3-11(5-14-2,6(12)13)4-7(8,9)10/h3-5H2,1-2H3/p+1. The predicted octanol–water partition coefficient (Wildman–Crippen LogP) is 1.67. The fraction of sp³-hybridized carbons (Fsp3) is 0.857. The third-order valence-corrected chi connectivity index (χ3v) is 1.87. The van der Waals surface area contributed by atoms with Gasteiger partial charge in [0.05, 0.1) is 6.54 Å². The van der Waals surface area contributed by atoms with E-state index in [1.165, 1.54) is 14.0 Å². The van der Waals surface area contributed by atoms with E-state index in [1.54, 1.807) is 0 Å². The summed E-state index contributed by atoms with van der Waals surface area (Å²) in [5, 5.41) is 8.71. The van der Waals surface area contributed by atoms with Crippen molar-refractivity contribution < 1.29 is 32.3 Å². The molecule has 0 aromatic rings. The number of amides is 1. The molecule has 0 saturated carbocycles. The van der Waals surface area contributed by atoms with Gasteiger partial charge in [-0.3, -0.25) is 0 Å². The molecule has 14 heavy (non-hydrogen) atoms. The molecule has 0 radical (unpaired) electrons. The van der Waals surface area contributed by atoms with Gasteiger partial charge in [-0.05, 0) is 6.92 Å². The summed E-state index contributed by atoms with van der Waals surface area (Å²) in [6.45, 7) is -0.723. The Labute approximate surface area is 79.5 Å². The highest BCUT2D eigenvalue weighted by Crippen LogP contribution is 2.22. The molecular weight excluding hydrogens is 203 g/mol. The van der Waals surface area contributed by atoms with Gasteiger partial charge >= 0.3 is 12.3 Å². The summed E-state index contributed by atoms with van der Waals surface area (Å²) in [5.41, 5.74) is 0. The molecule has 0 aliphatic carbocycles. The minimum absolute atomic E-state index is 0.178. The number of carbonyl (C=O) groups is 1. The van der Waals surface area contributed by atoms with Gasteiger partial charge in [0.2, 0.25) is 0 Å². The highest BCUT2D eigenvalue weighted by atomic mass is 19.4. The average Bonchev–Trinajstić information content (AvgIpc) is 2.00. The Hall–Kier alpha value is -0.820. The smallest absolute Gasteiger partial charge is 0.435 e. The van der Waals surface area contributed by atoms with Crippen molar-refractivity contribution in [1.29, 1.82) is 0 Å². The molecule has 7 heteroatoms. The highest BCUT2D eigenvalue weighted by molar-refractivity contribution is 5.56. The van der Waals surface area contributed by atoms with Crippen LogP contribution in [0.3, 0.4) is 0 Å². The summed E-state index contributed by atoms with van der Waals surface area (Å²) in [4.78, 5) is 10.7. The van der Waals surface area contributed by atoms with Crippen molar-refractivity contribution in [3.8, 4) is 0 Å². The van der Waals surface area contributed by atoms with Crippen molar-refractivity contribution >= 4 is 6.09 Å². The summed E-state index contributed by atoms with van der Waals surface area (Å²) in [6, 6.07) is 0. The minimum Gasteiger partial charge on any atom is -0.435 e. The Balaban J connectivity index is 4.76. The van der Waals surface area contributed by atoms with Gasteiger partial charge in [-0.1, -0.05) is 0 Å². The van der Waals surface area contributed by atoms with Crippen molar-refractivity contribution in [3.63, 3.8) is 0 Å². The molecule has 1 amide bonds. The van der Waals surface area contributed by atoms with E-state index < -0.39 is 30.0 Å². The number of carboxylic acid groups (broad SMARTS) is 1. The predicted molar refractivity (Wildman–Crippen MR) is 41.6 cm³/mol. The Bertz CT molecular complexity index is 207. The number of nitrogens with zero attached hydrogens (tertiary/aromatic N) is 1. The quantitative estimate of drug-likeness (QED) is 0.574. The maximum Gasteiger partial charge on any atom is 0.515 e. The lowest BCUT2D eigenvalue weighted by Crippen LogP contribution is -2.57. The lowest BCUT2D eigenvalue weighted by molar-refractivity contribution is -0.885. The first-order chi connectivity index (χ1) is 6.27. The lowest BCUT2D eigenvalue weighted by atomic mass is 10.4. The zero-order valence-electron chi connectivity index (χ0n) is 7.97. The van der Waals surface area contributed by atoms with Gasteiger partial charge < -0.3 is 9.84 Å². The molecule has 1 unspecified atom stereocenters. The van der Waals surface area contributed by atoms with E-state index >= 15 is 0 Å². The zero-order valence-corrected chi connectivity index (χ0v) is 7.97. The van der Waals surface area contributed by atoms with Gasteiger partial charge in [0.25, 0.3) is 0 Å². The molecule has 0 aromatic heterocycles. The summed E-state index contributed by atoms with van der Waals surface area (Å²) in [6.07, 6.45) is -6.06. The normalized spacial score (nSPS) is 16.4. The Morgan fingerprint density at radius 2 is 2.00 bits per heavy atom. The number of methoxy groups -OCH3 is 1. The molecule has 0 bridgehead atoms. The van der Waals surface area contributed by atoms with Gasteiger partial charge in [0, 0.05) is 7.11 Å². The maximum absolute atomic E-state index is 12.1. The van der Waals surface area contributed by atoms with E-state index in [2.05, 4.69) is 4.74 Å². The van der Waals surface area contributed by atoms with Crippen LogP contribution in [-0.4, -0.2) is 48.8 Å². The third kappa shape index (κ3) is 3.51. The van der Waals surface area contributed by atoms with E-state index in [1.807, 2.05) is 0 Å². The zero-order chi connectivity index (χ0) is 11.4. The number of quaternary nitrogens is 1. The van der Waals surface area contributed by atoms with E-state index in [0.717, 1.165) is 0 Å². The second-order valence-electron chi connectivity index (χ2n) is 2.94. The summed E-state index contributed by atoms with van der Waals surface area (Å²) in [5.74, 6) is 0. The van der Waals surface area contributed by atoms with Crippen LogP contribution in [0.2, 0.25) is 0 Å². The molecule has 0 heterocycles. The fourth-order valence-electron chi connectivity index (χ4n) is 1.10. The Kier molecular flexibility index (Phi) is 4.34. The summed E-state index contributed by atoms with van der Waals surface area (Å²) < 4.78 is 39.6. The molecule has 0 rings (SSSR count). The molecule has 0 aromatic carbocycles. The van der Waals surface area contributed by atoms with Crippen LogP contribution in [0.4, 0.5) is 18.0 Å². The number of hydrogen-bond donors (Lipinski definition) is 1. The second-order valence-corrected chi connectivity index (χ2v) is 2.94. The number of halogens is 3. The largest absolute Gasteiger partial charge is 0.515 e. The first-order valence-electron chi connectivity index (χ1n) is 3.92. The van der Waals surface area contributed by atoms with E-state index in [0.29, 0.717) is 0 Å². The first kappa shape index (κ1) is 13.2. The maximum atomic E-state index is 12.1. The monoisotopic (exact) mass is 216 g/mol. The fourth-order valence-corrected chi connectivity index (χ4v) is 1.10. The molecule has 1 N–H and O–H groups in total. The Morgan fingerprint density at radius 3 is 2.21 bits per heavy atom. The second kappa shape index (κ2) is 4.61. The molecule has 0 aliphatic rings. The van der Waals surface area contributed by atoms with Crippen molar-refractivity contribution in [1.82, 2.24) is 0 Å². The van der Waals surface area contributed by atoms with Gasteiger partial charge in [-0.15, -0.1) is 0 Å².